The lowest BCUT2D eigenvalue weighted by atomic mass is 9.85. The summed E-state index contributed by atoms with van der Waals surface area (Å²) in [5.74, 6) is -1.97. The van der Waals surface area contributed by atoms with Crippen molar-refractivity contribution < 1.29 is 41.8 Å². The second kappa shape index (κ2) is 15.0. The molecule has 3 N–H and O–H groups in total. The van der Waals surface area contributed by atoms with E-state index in [1.807, 2.05) is 17.7 Å². The molecule has 272 valence electrons. The van der Waals surface area contributed by atoms with Crippen molar-refractivity contribution in [1.29, 1.82) is 0 Å². The number of fused-ring (bicyclic) bond motifs is 1. The topological polar surface area (TPSA) is 195 Å². The van der Waals surface area contributed by atoms with Crippen LogP contribution in [0.3, 0.4) is 0 Å². The van der Waals surface area contributed by atoms with Gasteiger partial charge in [-0.3, -0.25) is 14.4 Å². The number of carbonyl (C=O) groups is 4. The molecule has 3 atom stereocenters. The maximum Gasteiger partial charge on any atom is 0.408 e. The Kier molecular flexibility index (Phi) is 11.4. The summed E-state index contributed by atoms with van der Waals surface area (Å²) >= 11 is 0. The fraction of sp³-hybridized carbons (Fsp3) is 0.529. The van der Waals surface area contributed by atoms with Crippen LogP contribution in [0.25, 0.3) is 10.8 Å². The van der Waals surface area contributed by atoms with Gasteiger partial charge in [0, 0.05) is 6.42 Å². The van der Waals surface area contributed by atoms with Gasteiger partial charge in [0.25, 0.3) is 5.91 Å². The van der Waals surface area contributed by atoms with Gasteiger partial charge in [-0.1, -0.05) is 45.6 Å². The maximum atomic E-state index is 14.3. The van der Waals surface area contributed by atoms with E-state index in [9.17, 15) is 27.6 Å². The van der Waals surface area contributed by atoms with Gasteiger partial charge < -0.3 is 29.7 Å². The molecule has 1 aromatic carbocycles. The quantitative estimate of drug-likeness (QED) is 0.216. The summed E-state index contributed by atoms with van der Waals surface area (Å²) in [6, 6.07) is 4.84. The van der Waals surface area contributed by atoms with Crippen molar-refractivity contribution in [3.63, 3.8) is 0 Å². The molecule has 0 radical (unpaired) electrons. The molecule has 0 unspecified atom stereocenters. The van der Waals surface area contributed by atoms with Crippen LogP contribution < -0.4 is 24.8 Å². The number of hydrogen-bond donors (Lipinski definition) is 3. The van der Waals surface area contributed by atoms with E-state index in [-0.39, 0.29) is 24.5 Å². The van der Waals surface area contributed by atoms with E-state index < -0.39 is 68.3 Å². The van der Waals surface area contributed by atoms with Gasteiger partial charge in [0.05, 0.1) is 29.2 Å². The molecule has 4 rings (SSSR count). The van der Waals surface area contributed by atoms with Gasteiger partial charge in [-0.2, -0.15) is 0 Å². The van der Waals surface area contributed by atoms with Gasteiger partial charge in [-0.05, 0) is 64.2 Å². The maximum absolute atomic E-state index is 14.3. The third-order valence-corrected chi connectivity index (χ3v) is 9.61. The van der Waals surface area contributed by atoms with Gasteiger partial charge in [0.2, 0.25) is 33.6 Å². The van der Waals surface area contributed by atoms with Crippen LogP contribution in [-0.4, -0.2) is 89.5 Å². The molecule has 2 aromatic rings. The van der Waals surface area contributed by atoms with Crippen LogP contribution in [0, 0.1) is 5.41 Å². The zero-order valence-electron chi connectivity index (χ0n) is 29.4. The Hall–Kier alpha value is -4.73. The fourth-order valence-corrected chi connectivity index (χ4v) is 6.60. The van der Waals surface area contributed by atoms with E-state index >= 15 is 0 Å². The van der Waals surface area contributed by atoms with Crippen molar-refractivity contribution in [3.05, 3.63) is 48.7 Å². The Bertz CT molecular complexity index is 1780. The number of ether oxygens (including phenoxy) is 3. The number of rotatable bonds is 12. The van der Waals surface area contributed by atoms with Crippen molar-refractivity contribution in [2.45, 2.75) is 96.8 Å². The predicted molar refractivity (Wildman–Crippen MR) is 184 cm³/mol. The Morgan fingerprint density at radius 3 is 2.22 bits per heavy atom. The zero-order valence-corrected chi connectivity index (χ0v) is 30.3. The number of amides is 4. The lowest BCUT2D eigenvalue weighted by Gasteiger charge is -2.35. The standard InChI is InChI=1S/C34H46N6O9S/c1-9-13-24(27(41)39-50(45,46)21-16-17-21)35-28(42)25-18-20(48-30-23-15-12-11-14-22(23)29(37-38-30)47-10-2)19-40(25)31(43)26(33(3,4)5)36-32(44)49-34(6,7)8/h9,11-15,20-21,25-26H,1,10,16-19H2,2-8H3,(H,35,42)(H,36,44)(H,39,41)/b24-13+/t20-,25+,26-/m1/s1. The highest BCUT2D eigenvalue weighted by Crippen LogP contribution is 2.33. The van der Waals surface area contributed by atoms with Crippen LogP contribution >= 0.6 is 0 Å². The second-order valence-corrected chi connectivity index (χ2v) is 16.2. The number of nitrogens with zero attached hydrogens (tertiary/aromatic N) is 3. The summed E-state index contributed by atoms with van der Waals surface area (Å²) < 4.78 is 44.3. The number of aromatic nitrogens is 2. The van der Waals surface area contributed by atoms with Crippen LogP contribution in [0.4, 0.5) is 4.79 Å². The van der Waals surface area contributed by atoms with E-state index in [1.165, 1.54) is 11.0 Å². The summed E-state index contributed by atoms with van der Waals surface area (Å²) in [6.45, 7) is 16.0. The smallest absolute Gasteiger partial charge is 0.408 e. The minimum atomic E-state index is -3.93. The number of hydrogen-bond acceptors (Lipinski definition) is 11. The summed E-state index contributed by atoms with van der Waals surface area (Å²) in [6.07, 6.45) is 1.58. The largest absolute Gasteiger partial charge is 0.476 e. The third-order valence-electron chi connectivity index (χ3n) is 7.79. The van der Waals surface area contributed by atoms with E-state index in [1.54, 1.807) is 59.7 Å². The summed E-state index contributed by atoms with van der Waals surface area (Å²) in [5, 5.41) is 14.1. The minimum Gasteiger partial charge on any atom is -0.476 e. The number of benzene rings is 1. The predicted octanol–water partition coefficient (Wildman–Crippen LogP) is 3.11. The molecule has 0 spiro atoms. The van der Waals surface area contributed by atoms with Crippen LogP contribution in [0.15, 0.2) is 48.7 Å². The molecule has 1 saturated carbocycles. The second-order valence-electron chi connectivity index (χ2n) is 14.2. The molecular weight excluding hydrogens is 668 g/mol. The first-order chi connectivity index (χ1) is 23.3. The molecule has 2 heterocycles. The molecule has 1 aliphatic heterocycles. The number of sulfonamides is 1. The Labute approximate surface area is 292 Å². The Morgan fingerprint density at radius 1 is 1.04 bits per heavy atom. The van der Waals surface area contributed by atoms with Crippen molar-refractivity contribution in [3.8, 4) is 11.8 Å². The number of nitrogens with one attached hydrogen (secondary N) is 3. The minimum absolute atomic E-state index is 0.0482. The molecule has 1 aromatic heterocycles. The van der Waals surface area contributed by atoms with Crippen LogP contribution in [-0.2, 0) is 29.1 Å². The van der Waals surface area contributed by atoms with Crippen LogP contribution in [0.2, 0.25) is 0 Å². The van der Waals surface area contributed by atoms with Gasteiger partial charge in [-0.15, -0.1) is 10.2 Å². The van der Waals surface area contributed by atoms with E-state index in [0.29, 0.717) is 36.1 Å². The van der Waals surface area contributed by atoms with Crippen LogP contribution in [0.5, 0.6) is 11.8 Å². The van der Waals surface area contributed by atoms with Gasteiger partial charge in [-0.25, -0.2) is 17.9 Å². The Morgan fingerprint density at radius 2 is 1.66 bits per heavy atom. The number of likely N-dealkylation sites (tertiary alicyclic amines) is 1. The summed E-state index contributed by atoms with van der Waals surface area (Å²) in [5.41, 5.74) is -2.06. The summed E-state index contributed by atoms with van der Waals surface area (Å²) in [4.78, 5) is 55.4. The Balaban J connectivity index is 1.66. The molecular formula is C34H46N6O9S. The van der Waals surface area contributed by atoms with E-state index in [0.717, 1.165) is 6.08 Å². The third kappa shape index (κ3) is 9.49. The number of alkyl carbamates (subject to hydrolysis) is 1. The molecule has 1 saturated heterocycles. The molecule has 0 bridgehead atoms. The highest BCUT2D eigenvalue weighted by Gasteiger charge is 2.47. The highest BCUT2D eigenvalue weighted by atomic mass is 32.2. The van der Waals surface area contributed by atoms with Gasteiger partial charge in [0.15, 0.2) is 0 Å². The van der Waals surface area contributed by atoms with E-state index in [2.05, 4.69) is 27.4 Å². The fourth-order valence-electron chi connectivity index (χ4n) is 5.31. The molecule has 16 heteroatoms. The summed E-state index contributed by atoms with van der Waals surface area (Å²) in [7, 11) is -3.93. The van der Waals surface area contributed by atoms with Crippen molar-refractivity contribution in [1.82, 2.24) is 30.5 Å². The lowest BCUT2D eigenvalue weighted by molar-refractivity contribution is -0.142. The first-order valence-electron chi connectivity index (χ1n) is 16.4. The van der Waals surface area contributed by atoms with Crippen LogP contribution in [0.1, 0.15) is 67.7 Å². The van der Waals surface area contributed by atoms with Crippen molar-refractivity contribution in [2.75, 3.05) is 13.2 Å². The van der Waals surface area contributed by atoms with Gasteiger partial charge in [0.1, 0.15) is 29.5 Å². The molecule has 2 fully saturated rings. The first kappa shape index (κ1) is 38.1. The monoisotopic (exact) mass is 714 g/mol. The van der Waals surface area contributed by atoms with E-state index in [4.69, 9.17) is 14.2 Å². The molecule has 1 aliphatic carbocycles. The lowest BCUT2D eigenvalue weighted by Crippen LogP contribution is -2.58. The molecule has 15 nitrogen and oxygen atoms in total. The molecule has 2 aliphatic rings. The molecule has 4 amide bonds. The number of carbonyl (C=O) groups excluding carboxylic acids is 4. The highest BCUT2D eigenvalue weighted by molar-refractivity contribution is 7.91. The average Bonchev–Trinajstić information content (AvgIpc) is 3.80. The van der Waals surface area contributed by atoms with Crippen molar-refractivity contribution in [2.24, 2.45) is 5.41 Å². The molecule has 50 heavy (non-hydrogen) atoms. The normalized spacial score (nSPS) is 18.9. The van der Waals surface area contributed by atoms with Gasteiger partial charge >= 0.3 is 6.09 Å². The number of allylic oxidation sites excluding steroid dienone is 2. The van der Waals surface area contributed by atoms with Crippen molar-refractivity contribution >= 4 is 44.6 Å². The zero-order chi connectivity index (χ0) is 37.0. The SMILES string of the molecule is C=C/C=C(/NC(=O)[C@@H]1C[C@@H](Oc2nnc(OCC)c3ccccc23)CN1C(=O)[C@@H](NC(=O)OC(C)(C)C)C(C)(C)C)C(=O)NS(=O)(=O)C1CC1. The average molecular weight is 715 g/mol. The first-order valence-corrected chi connectivity index (χ1v) is 17.9.